The number of ether oxygens (including phenoxy) is 1. The fourth-order valence-electron chi connectivity index (χ4n) is 1.98. The second-order valence-corrected chi connectivity index (χ2v) is 4.88. The summed E-state index contributed by atoms with van der Waals surface area (Å²) in [7, 11) is 1.24. The molecule has 20 heavy (non-hydrogen) atoms. The molecule has 110 valence electrons. The molecule has 0 radical (unpaired) electrons. The van der Waals surface area contributed by atoms with Gasteiger partial charge in [-0.1, -0.05) is 18.2 Å². The first kappa shape index (κ1) is 14.8. The molecule has 0 amide bonds. The number of halogens is 3. The maximum absolute atomic E-state index is 12.7. The zero-order chi connectivity index (χ0) is 14.8. The molecule has 1 unspecified atom stereocenters. The van der Waals surface area contributed by atoms with Gasteiger partial charge in [0, 0.05) is 12.6 Å². The Bertz CT molecular complexity index is 484. The van der Waals surface area contributed by atoms with E-state index in [2.05, 4.69) is 10.1 Å². The maximum Gasteiger partial charge on any atom is 0.416 e. The van der Waals surface area contributed by atoms with Crippen molar-refractivity contribution in [1.82, 2.24) is 5.32 Å². The minimum atomic E-state index is -4.42. The third-order valence-corrected chi connectivity index (χ3v) is 3.29. The largest absolute Gasteiger partial charge is 0.469 e. The zero-order valence-corrected chi connectivity index (χ0v) is 11.0. The number of alkyl halides is 3. The van der Waals surface area contributed by atoms with Gasteiger partial charge in [-0.15, -0.1) is 0 Å². The summed E-state index contributed by atoms with van der Waals surface area (Å²) >= 11 is 0. The van der Waals surface area contributed by atoms with Crippen LogP contribution >= 0.6 is 0 Å². The van der Waals surface area contributed by atoms with E-state index in [1.165, 1.54) is 19.2 Å². The third kappa shape index (κ3) is 3.72. The van der Waals surface area contributed by atoms with Gasteiger partial charge < -0.3 is 10.1 Å². The van der Waals surface area contributed by atoms with Gasteiger partial charge in [-0.3, -0.25) is 4.79 Å². The van der Waals surface area contributed by atoms with Crippen molar-refractivity contribution in [2.24, 2.45) is 0 Å². The molecule has 0 heterocycles. The molecule has 0 spiro atoms. The lowest BCUT2D eigenvalue weighted by molar-refractivity contribution is -0.143. The molecule has 0 bridgehead atoms. The van der Waals surface area contributed by atoms with E-state index in [9.17, 15) is 18.0 Å². The maximum atomic E-state index is 12.7. The number of hydrogen-bond acceptors (Lipinski definition) is 3. The number of nitrogens with one attached hydrogen (secondary N) is 1. The highest BCUT2D eigenvalue weighted by molar-refractivity contribution is 5.78. The minimum absolute atomic E-state index is 0.290. The Morgan fingerprint density at radius 3 is 2.70 bits per heavy atom. The van der Waals surface area contributed by atoms with Crippen LogP contribution in [-0.2, 0) is 15.7 Å². The molecule has 1 saturated carbocycles. The zero-order valence-electron chi connectivity index (χ0n) is 11.0. The fraction of sp³-hybridized carbons (Fsp3) is 0.500. The molecule has 1 aromatic carbocycles. The van der Waals surface area contributed by atoms with Crippen LogP contribution in [0.1, 0.15) is 29.9 Å². The van der Waals surface area contributed by atoms with Crippen molar-refractivity contribution < 1.29 is 22.7 Å². The van der Waals surface area contributed by atoms with E-state index in [1.807, 2.05) is 0 Å². The number of rotatable bonds is 5. The molecular weight excluding hydrogens is 271 g/mol. The van der Waals surface area contributed by atoms with Crippen LogP contribution in [0, 0.1) is 0 Å². The van der Waals surface area contributed by atoms with Gasteiger partial charge in [0.25, 0.3) is 0 Å². The van der Waals surface area contributed by atoms with E-state index in [0.717, 1.165) is 25.0 Å². The van der Waals surface area contributed by atoms with Crippen LogP contribution in [0.15, 0.2) is 24.3 Å². The molecule has 1 N–H and O–H groups in total. The predicted octanol–water partition coefficient (Wildman–Crippen LogP) is 2.71. The second-order valence-electron chi connectivity index (χ2n) is 4.88. The van der Waals surface area contributed by atoms with E-state index in [-0.39, 0.29) is 0 Å². The average Bonchev–Trinajstić information content (AvgIpc) is 3.22. The third-order valence-electron chi connectivity index (χ3n) is 3.29. The molecule has 6 heteroatoms. The van der Waals surface area contributed by atoms with Gasteiger partial charge in [-0.05, 0) is 24.5 Å². The van der Waals surface area contributed by atoms with Crippen molar-refractivity contribution in [3.05, 3.63) is 35.4 Å². The quantitative estimate of drug-likeness (QED) is 0.846. The number of carbonyl (C=O) groups is 1. The monoisotopic (exact) mass is 287 g/mol. The normalized spacial score (nSPS) is 16.8. The lowest BCUT2D eigenvalue weighted by Crippen LogP contribution is -2.29. The van der Waals surface area contributed by atoms with Crippen molar-refractivity contribution >= 4 is 5.97 Å². The molecule has 1 aromatic rings. The summed E-state index contributed by atoms with van der Waals surface area (Å²) in [4.78, 5) is 11.8. The molecule has 1 aliphatic rings. The molecule has 3 nitrogen and oxygen atoms in total. The van der Waals surface area contributed by atoms with Gasteiger partial charge in [-0.2, -0.15) is 13.2 Å². The van der Waals surface area contributed by atoms with Crippen LogP contribution < -0.4 is 5.32 Å². The van der Waals surface area contributed by atoms with Crippen LogP contribution in [0.2, 0.25) is 0 Å². The van der Waals surface area contributed by atoms with E-state index in [0.29, 0.717) is 18.2 Å². The average molecular weight is 287 g/mol. The summed E-state index contributed by atoms with van der Waals surface area (Å²) in [6, 6.07) is 5.20. The Morgan fingerprint density at radius 1 is 1.45 bits per heavy atom. The minimum Gasteiger partial charge on any atom is -0.469 e. The first-order valence-corrected chi connectivity index (χ1v) is 6.40. The van der Waals surface area contributed by atoms with Crippen molar-refractivity contribution in [1.29, 1.82) is 0 Å². The number of hydrogen-bond donors (Lipinski definition) is 1. The molecule has 1 atom stereocenters. The topological polar surface area (TPSA) is 38.3 Å². The van der Waals surface area contributed by atoms with E-state index < -0.39 is 23.6 Å². The smallest absolute Gasteiger partial charge is 0.416 e. The van der Waals surface area contributed by atoms with Gasteiger partial charge in [-0.25, -0.2) is 0 Å². The predicted molar refractivity (Wildman–Crippen MR) is 67.2 cm³/mol. The SMILES string of the molecule is COC(=O)C(CNC1CC1)c1cccc(C(F)(F)F)c1. The highest BCUT2D eigenvalue weighted by Crippen LogP contribution is 2.31. The van der Waals surface area contributed by atoms with Crippen LogP contribution in [0.25, 0.3) is 0 Å². The van der Waals surface area contributed by atoms with Crippen molar-refractivity contribution in [2.45, 2.75) is 31.0 Å². The van der Waals surface area contributed by atoms with Crippen LogP contribution in [-0.4, -0.2) is 25.7 Å². The Morgan fingerprint density at radius 2 is 2.15 bits per heavy atom. The first-order chi connectivity index (χ1) is 9.41. The van der Waals surface area contributed by atoms with Crippen molar-refractivity contribution in [3.8, 4) is 0 Å². The Hall–Kier alpha value is -1.56. The van der Waals surface area contributed by atoms with Gasteiger partial charge >= 0.3 is 12.1 Å². The van der Waals surface area contributed by atoms with Gasteiger partial charge in [0.15, 0.2) is 0 Å². The summed E-state index contributed by atoms with van der Waals surface area (Å²) in [6.45, 7) is 0.290. The van der Waals surface area contributed by atoms with Gasteiger partial charge in [0.1, 0.15) is 0 Å². The molecule has 1 aliphatic carbocycles. The number of benzene rings is 1. The number of esters is 1. The standard InChI is InChI=1S/C14H16F3NO2/c1-20-13(19)12(8-18-11-5-6-11)9-3-2-4-10(7-9)14(15,16)17/h2-4,7,11-12,18H,5-6,8H2,1H3. The van der Waals surface area contributed by atoms with Crippen LogP contribution in [0.4, 0.5) is 13.2 Å². The summed E-state index contributed by atoms with van der Waals surface area (Å²) in [5, 5.41) is 3.15. The van der Waals surface area contributed by atoms with Crippen LogP contribution in [0.5, 0.6) is 0 Å². The van der Waals surface area contributed by atoms with Crippen molar-refractivity contribution in [2.75, 3.05) is 13.7 Å². The first-order valence-electron chi connectivity index (χ1n) is 6.40. The molecule has 1 fully saturated rings. The second kappa shape index (κ2) is 5.83. The Kier molecular flexibility index (Phi) is 4.32. The van der Waals surface area contributed by atoms with Crippen LogP contribution in [0.3, 0.4) is 0 Å². The molecule has 2 rings (SSSR count). The molecule has 0 aliphatic heterocycles. The highest BCUT2D eigenvalue weighted by atomic mass is 19.4. The lowest BCUT2D eigenvalue weighted by atomic mass is 9.97. The fourth-order valence-corrected chi connectivity index (χ4v) is 1.98. The molecule has 0 aromatic heterocycles. The van der Waals surface area contributed by atoms with Gasteiger partial charge in [0.2, 0.25) is 0 Å². The number of methoxy groups -OCH3 is 1. The Labute approximate surface area is 115 Å². The molecule has 0 saturated heterocycles. The summed E-state index contributed by atoms with van der Waals surface area (Å²) in [5.41, 5.74) is -0.435. The van der Waals surface area contributed by atoms with Crippen molar-refractivity contribution in [3.63, 3.8) is 0 Å². The van der Waals surface area contributed by atoms with Gasteiger partial charge in [0.05, 0.1) is 18.6 Å². The molecular formula is C14H16F3NO2. The summed E-state index contributed by atoms with van der Waals surface area (Å²) in [6.07, 6.45) is -2.34. The van der Waals surface area contributed by atoms with E-state index in [4.69, 9.17) is 0 Å². The van der Waals surface area contributed by atoms with E-state index >= 15 is 0 Å². The highest BCUT2D eigenvalue weighted by Gasteiger charge is 2.32. The summed E-state index contributed by atoms with van der Waals surface area (Å²) in [5.74, 6) is -1.25. The van der Waals surface area contributed by atoms with E-state index in [1.54, 1.807) is 0 Å². The summed E-state index contributed by atoms with van der Waals surface area (Å²) < 4.78 is 42.8. The number of carbonyl (C=O) groups excluding carboxylic acids is 1. The lowest BCUT2D eigenvalue weighted by Gasteiger charge is -2.17. The Balaban J connectivity index is 2.20.